The average molecular weight is 319 g/mol. The summed E-state index contributed by atoms with van der Waals surface area (Å²) in [6, 6.07) is 6.60. The van der Waals surface area contributed by atoms with E-state index in [1.165, 1.54) is 6.07 Å². The first-order chi connectivity index (χ1) is 11.0. The van der Waals surface area contributed by atoms with Gasteiger partial charge in [0.25, 0.3) is 5.91 Å². The van der Waals surface area contributed by atoms with Crippen LogP contribution in [0.5, 0.6) is 11.5 Å². The number of aromatic carboxylic acids is 1. The maximum absolute atomic E-state index is 11.9. The van der Waals surface area contributed by atoms with Crippen LogP contribution in [0.4, 0.5) is 0 Å². The number of carbonyl (C=O) groups excluding carboxylic acids is 1. The third-order valence-corrected chi connectivity index (χ3v) is 3.24. The molecule has 0 aliphatic heterocycles. The highest BCUT2D eigenvalue weighted by Crippen LogP contribution is 2.24. The lowest BCUT2D eigenvalue weighted by Gasteiger charge is -2.10. The molecule has 0 aliphatic rings. The Morgan fingerprint density at radius 1 is 1.22 bits per heavy atom. The first kappa shape index (κ1) is 16.4. The zero-order chi connectivity index (χ0) is 16.8. The van der Waals surface area contributed by atoms with Gasteiger partial charge in [-0.2, -0.15) is 0 Å². The first-order valence-corrected chi connectivity index (χ1v) is 6.86. The molecular weight excluding hydrogens is 302 g/mol. The number of hydrogen-bond donors (Lipinski definition) is 2. The number of carbonyl (C=O) groups is 2. The van der Waals surface area contributed by atoms with Crippen molar-refractivity contribution < 1.29 is 28.6 Å². The van der Waals surface area contributed by atoms with Gasteiger partial charge in [0.1, 0.15) is 17.8 Å². The minimum absolute atomic E-state index is 0.0417. The Labute approximate surface area is 132 Å². The van der Waals surface area contributed by atoms with E-state index in [0.717, 1.165) is 11.8 Å². The Balaban J connectivity index is 1.96. The van der Waals surface area contributed by atoms with Crippen LogP contribution in [0, 0.1) is 0 Å². The third kappa shape index (κ3) is 4.03. The monoisotopic (exact) mass is 319 g/mol. The van der Waals surface area contributed by atoms with Gasteiger partial charge < -0.3 is 24.3 Å². The number of carboxylic acid groups (broad SMARTS) is 1. The van der Waals surface area contributed by atoms with Gasteiger partial charge in [-0.25, -0.2) is 4.79 Å². The van der Waals surface area contributed by atoms with Crippen molar-refractivity contribution in [2.24, 2.45) is 0 Å². The van der Waals surface area contributed by atoms with E-state index in [1.807, 2.05) is 6.07 Å². The molecule has 2 rings (SSSR count). The zero-order valence-corrected chi connectivity index (χ0v) is 12.8. The number of amides is 1. The Kier molecular flexibility index (Phi) is 5.24. The van der Waals surface area contributed by atoms with Crippen LogP contribution in [0.25, 0.3) is 0 Å². The van der Waals surface area contributed by atoms with Gasteiger partial charge in [0.2, 0.25) is 0 Å². The summed E-state index contributed by atoms with van der Waals surface area (Å²) in [4.78, 5) is 22.6. The predicted octanol–water partition coefficient (Wildman–Crippen LogP) is 1.97. The number of methoxy groups -OCH3 is 2. The molecule has 1 aromatic heterocycles. The van der Waals surface area contributed by atoms with Crippen LogP contribution in [0.15, 0.2) is 34.9 Å². The fraction of sp³-hybridized carbons (Fsp3) is 0.250. The lowest BCUT2D eigenvalue weighted by Crippen LogP contribution is -2.25. The highest BCUT2D eigenvalue weighted by Gasteiger charge is 2.14. The van der Waals surface area contributed by atoms with E-state index in [9.17, 15) is 9.59 Å². The van der Waals surface area contributed by atoms with Gasteiger partial charge in [-0.05, 0) is 30.2 Å². The molecule has 0 saturated heterocycles. The van der Waals surface area contributed by atoms with E-state index in [-0.39, 0.29) is 11.3 Å². The van der Waals surface area contributed by atoms with Crippen molar-refractivity contribution >= 4 is 11.9 Å². The molecule has 122 valence electrons. The lowest BCUT2D eigenvalue weighted by atomic mass is 10.1. The fourth-order valence-corrected chi connectivity index (χ4v) is 2.04. The standard InChI is InChI=1S/C16H17NO6/c1-21-12-3-4-13(22-2)10(7-12)5-6-17-15(18)14-8-11(9-23-14)16(19)20/h3-4,7-9H,5-6H2,1-2H3,(H,17,18)(H,19,20). The lowest BCUT2D eigenvalue weighted by molar-refractivity contribution is 0.0696. The number of rotatable bonds is 7. The minimum Gasteiger partial charge on any atom is -0.497 e. The molecule has 1 aromatic carbocycles. The number of carboxylic acids is 1. The van der Waals surface area contributed by atoms with Crippen LogP contribution >= 0.6 is 0 Å². The van der Waals surface area contributed by atoms with Crippen LogP contribution in [0.2, 0.25) is 0 Å². The molecule has 0 fully saturated rings. The molecule has 0 radical (unpaired) electrons. The van der Waals surface area contributed by atoms with Crippen LogP contribution in [0.1, 0.15) is 26.5 Å². The van der Waals surface area contributed by atoms with Gasteiger partial charge in [-0.15, -0.1) is 0 Å². The Hall–Kier alpha value is -2.96. The van der Waals surface area contributed by atoms with E-state index >= 15 is 0 Å². The fourth-order valence-electron chi connectivity index (χ4n) is 2.04. The van der Waals surface area contributed by atoms with E-state index < -0.39 is 11.9 Å². The molecule has 0 aliphatic carbocycles. The maximum atomic E-state index is 11.9. The van der Waals surface area contributed by atoms with Crippen molar-refractivity contribution in [1.82, 2.24) is 5.32 Å². The topological polar surface area (TPSA) is 98.0 Å². The van der Waals surface area contributed by atoms with Crippen LogP contribution in [-0.4, -0.2) is 37.7 Å². The predicted molar refractivity (Wildman–Crippen MR) is 81.3 cm³/mol. The molecule has 0 bridgehead atoms. The molecule has 0 unspecified atom stereocenters. The van der Waals surface area contributed by atoms with Crippen molar-refractivity contribution in [3.63, 3.8) is 0 Å². The summed E-state index contributed by atoms with van der Waals surface area (Å²) in [7, 11) is 3.14. The van der Waals surface area contributed by atoms with Crippen molar-refractivity contribution in [3.05, 3.63) is 47.4 Å². The second-order valence-electron chi connectivity index (χ2n) is 4.69. The Morgan fingerprint density at radius 3 is 2.61 bits per heavy atom. The average Bonchev–Trinajstić information content (AvgIpc) is 3.05. The summed E-state index contributed by atoms with van der Waals surface area (Å²) < 4.78 is 15.4. The molecule has 7 heteroatoms. The van der Waals surface area contributed by atoms with Crippen LogP contribution in [-0.2, 0) is 6.42 Å². The molecule has 0 saturated carbocycles. The van der Waals surface area contributed by atoms with Crippen molar-refractivity contribution in [1.29, 1.82) is 0 Å². The van der Waals surface area contributed by atoms with Gasteiger partial charge in [-0.3, -0.25) is 4.79 Å². The number of nitrogens with one attached hydrogen (secondary N) is 1. The van der Waals surface area contributed by atoms with Crippen molar-refractivity contribution in [2.75, 3.05) is 20.8 Å². The first-order valence-electron chi connectivity index (χ1n) is 6.86. The van der Waals surface area contributed by atoms with Crippen LogP contribution in [0.3, 0.4) is 0 Å². The summed E-state index contributed by atoms with van der Waals surface area (Å²) in [5, 5.41) is 11.5. The van der Waals surface area contributed by atoms with Gasteiger partial charge in [-0.1, -0.05) is 0 Å². The highest BCUT2D eigenvalue weighted by molar-refractivity contribution is 5.95. The smallest absolute Gasteiger partial charge is 0.338 e. The molecule has 0 atom stereocenters. The Bertz CT molecular complexity index is 706. The summed E-state index contributed by atoms with van der Waals surface area (Å²) in [5.41, 5.74) is 0.822. The number of ether oxygens (including phenoxy) is 2. The van der Waals surface area contributed by atoms with E-state index in [0.29, 0.717) is 24.5 Å². The molecule has 0 spiro atoms. The third-order valence-electron chi connectivity index (χ3n) is 3.24. The van der Waals surface area contributed by atoms with E-state index in [2.05, 4.69) is 5.32 Å². The molecule has 23 heavy (non-hydrogen) atoms. The molecule has 1 heterocycles. The molecule has 2 N–H and O–H groups in total. The minimum atomic E-state index is -1.14. The summed E-state index contributed by atoms with van der Waals surface area (Å²) >= 11 is 0. The SMILES string of the molecule is COc1ccc(OC)c(CCNC(=O)c2cc(C(=O)O)co2)c1. The van der Waals surface area contributed by atoms with E-state index in [1.54, 1.807) is 26.4 Å². The number of benzene rings is 1. The molecule has 2 aromatic rings. The normalized spacial score (nSPS) is 10.2. The van der Waals surface area contributed by atoms with Gasteiger partial charge in [0.05, 0.1) is 19.8 Å². The van der Waals surface area contributed by atoms with Crippen molar-refractivity contribution in [3.8, 4) is 11.5 Å². The summed E-state index contributed by atoms with van der Waals surface area (Å²) in [6.45, 7) is 0.339. The Morgan fingerprint density at radius 2 is 2.00 bits per heavy atom. The number of hydrogen-bond acceptors (Lipinski definition) is 5. The summed E-state index contributed by atoms with van der Waals surface area (Å²) in [5.74, 6) is -0.260. The van der Waals surface area contributed by atoms with Crippen molar-refractivity contribution in [2.45, 2.75) is 6.42 Å². The second-order valence-corrected chi connectivity index (χ2v) is 4.69. The van der Waals surface area contributed by atoms with Gasteiger partial charge in [0, 0.05) is 12.6 Å². The second kappa shape index (κ2) is 7.35. The maximum Gasteiger partial charge on any atom is 0.338 e. The van der Waals surface area contributed by atoms with Gasteiger partial charge in [0.15, 0.2) is 5.76 Å². The largest absolute Gasteiger partial charge is 0.497 e. The zero-order valence-electron chi connectivity index (χ0n) is 12.8. The van der Waals surface area contributed by atoms with Crippen LogP contribution < -0.4 is 14.8 Å². The molecule has 1 amide bonds. The number of furan rings is 1. The molecule has 7 nitrogen and oxygen atoms in total. The van der Waals surface area contributed by atoms with Gasteiger partial charge >= 0.3 is 5.97 Å². The van der Waals surface area contributed by atoms with E-state index in [4.69, 9.17) is 19.0 Å². The quantitative estimate of drug-likeness (QED) is 0.809. The summed E-state index contributed by atoms with van der Waals surface area (Å²) in [6.07, 6.45) is 1.56. The molecular formula is C16H17NO6. The highest BCUT2D eigenvalue weighted by atomic mass is 16.5.